The predicted octanol–water partition coefficient (Wildman–Crippen LogP) is 3.38. The quantitative estimate of drug-likeness (QED) is 0.772. The molecule has 2 heterocycles. The molecule has 0 spiro atoms. The molecule has 0 bridgehead atoms. The molecule has 0 radical (unpaired) electrons. The summed E-state index contributed by atoms with van der Waals surface area (Å²) in [7, 11) is 3.39. The van der Waals surface area contributed by atoms with Crippen molar-refractivity contribution in [1.82, 2.24) is 20.1 Å². The van der Waals surface area contributed by atoms with Crippen LogP contribution in [0, 0.1) is 0 Å². The van der Waals surface area contributed by atoms with Crippen molar-refractivity contribution in [3.05, 3.63) is 52.6 Å². The lowest BCUT2D eigenvalue weighted by atomic mass is 10.1. The number of aromatic amines is 1. The van der Waals surface area contributed by atoms with Gasteiger partial charge in [0.2, 0.25) is 0 Å². The Morgan fingerprint density at radius 1 is 1.42 bits per heavy atom. The van der Waals surface area contributed by atoms with E-state index >= 15 is 0 Å². The molecule has 0 aliphatic heterocycles. The first-order valence-corrected chi connectivity index (χ1v) is 8.34. The Morgan fingerprint density at radius 2 is 2.25 bits per heavy atom. The molecule has 2 aromatic heterocycles. The summed E-state index contributed by atoms with van der Waals surface area (Å²) < 4.78 is 5.25. The van der Waals surface area contributed by atoms with Crippen molar-refractivity contribution in [2.24, 2.45) is 0 Å². The van der Waals surface area contributed by atoms with Gasteiger partial charge in [0.15, 0.2) is 0 Å². The van der Waals surface area contributed by atoms with Gasteiger partial charge >= 0.3 is 0 Å². The van der Waals surface area contributed by atoms with Gasteiger partial charge in [0.1, 0.15) is 10.8 Å². The molecule has 0 saturated heterocycles. The standard InChI is InChI=1S/C17H18N4O2S/c1-11(16-18-7-8-24-16)21(2)17(22)14-10-19-20-15(14)12-5-4-6-13(9-12)23-3/h4-11H,1-3H3,(H,19,20). The number of aromatic nitrogens is 3. The van der Waals surface area contributed by atoms with Crippen molar-refractivity contribution in [2.45, 2.75) is 13.0 Å². The van der Waals surface area contributed by atoms with E-state index in [0.29, 0.717) is 11.3 Å². The van der Waals surface area contributed by atoms with Crippen LogP contribution in [0.25, 0.3) is 11.3 Å². The van der Waals surface area contributed by atoms with Crippen LogP contribution >= 0.6 is 11.3 Å². The van der Waals surface area contributed by atoms with Crippen LogP contribution in [-0.4, -0.2) is 40.1 Å². The molecule has 3 rings (SSSR count). The maximum Gasteiger partial charge on any atom is 0.258 e. The van der Waals surface area contributed by atoms with Gasteiger partial charge < -0.3 is 9.64 Å². The van der Waals surface area contributed by atoms with E-state index in [-0.39, 0.29) is 11.9 Å². The third kappa shape index (κ3) is 3.03. The van der Waals surface area contributed by atoms with Crippen LogP contribution in [0.15, 0.2) is 42.0 Å². The van der Waals surface area contributed by atoms with Gasteiger partial charge in [-0.1, -0.05) is 12.1 Å². The summed E-state index contributed by atoms with van der Waals surface area (Å²) in [6.45, 7) is 1.96. The van der Waals surface area contributed by atoms with Gasteiger partial charge in [0, 0.05) is 24.2 Å². The van der Waals surface area contributed by atoms with Crippen molar-refractivity contribution in [1.29, 1.82) is 0 Å². The number of carbonyl (C=O) groups excluding carboxylic acids is 1. The van der Waals surface area contributed by atoms with Crippen LogP contribution < -0.4 is 4.74 Å². The van der Waals surface area contributed by atoms with Gasteiger partial charge in [-0.2, -0.15) is 5.10 Å². The average Bonchev–Trinajstić information content (AvgIpc) is 3.31. The summed E-state index contributed by atoms with van der Waals surface area (Å²) in [5, 5.41) is 9.78. The highest BCUT2D eigenvalue weighted by Gasteiger charge is 2.24. The number of amides is 1. The fourth-order valence-electron chi connectivity index (χ4n) is 2.42. The highest BCUT2D eigenvalue weighted by molar-refractivity contribution is 7.09. The summed E-state index contributed by atoms with van der Waals surface area (Å²) in [4.78, 5) is 18.9. The molecule has 1 amide bonds. The molecule has 1 unspecified atom stereocenters. The van der Waals surface area contributed by atoms with Crippen LogP contribution in [0.1, 0.15) is 28.3 Å². The van der Waals surface area contributed by atoms with Gasteiger partial charge in [-0.15, -0.1) is 11.3 Å². The number of carbonyl (C=O) groups is 1. The van der Waals surface area contributed by atoms with Gasteiger partial charge in [-0.05, 0) is 19.1 Å². The number of methoxy groups -OCH3 is 1. The van der Waals surface area contributed by atoms with Crippen LogP contribution in [0.4, 0.5) is 0 Å². The second-order valence-corrected chi connectivity index (χ2v) is 6.28. The van der Waals surface area contributed by atoms with Crippen LogP contribution in [-0.2, 0) is 0 Å². The second-order valence-electron chi connectivity index (χ2n) is 5.35. The van der Waals surface area contributed by atoms with Gasteiger partial charge in [-0.25, -0.2) is 4.98 Å². The van der Waals surface area contributed by atoms with E-state index in [2.05, 4.69) is 15.2 Å². The molecule has 0 aliphatic rings. The summed E-state index contributed by atoms with van der Waals surface area (Å²) in [6, 6.07) is 7.42. The summed E-state index contributed by atoms with van der Waals surface area (Å²) in [6.07, 6.45) is 3.30. The summed E-state index contributed by atoms with van der Waals surface area (Å²) in [5.41, 5.74) is 2.05. The van der Waals surface area contributed by atoms with Crippen molar-refractivity contribution in [3.8, 4) is 17.0 Å². The molecule has 7 heteroatoms. The first kappa shape index (κ1) is 16.2. The number of ether oxygens (including phenoxy) is 1. The molecule has 1 N–H and O–H groups in total. The zero-order valence-corrected chi connectivity index (χ0v) is 14.5. The van der Waals surface area contributed by atoms with Crippen molar-refractivity contribution in [2.75, 3.05) is 14.2 Å². The largest absolute Gasteiger partial charge is 0.497 e. The van der Waals surface area contributed by atoms with E-state index < -0.39 is 0 Å². The maximum atomic E-state index is 12.9. The van der Waals surface area contributed by atoms with E-state index in [9.17, 15) is 4.79 Å². The second kappa shape index (κ2) is 6.84. The number of nitrogens with one attached hydrogen (secondary N) is 1. The molecule has 0 saturated carbocycles. The Kier molecular flexibility index (Phi) is 4.61. The van der Waals surface area contributed by atoms with Gasteiger partial charge in [0.05, 0.1) is 30.6 Å². The van der Waals surface area contributed by atoms with Crippen molar-refractivity contribution in [3.63, 3.8) is 0 Å². The number of nitrogens with zero attached hydrogens (tertiary/aromatic N) is 3. The Labute approximate surface area is 144 Å². The number of rotatable bonds is 5. The molecule has 1 aromatic carbocycles. The summed E-state index contributed by atoms with van der Waals surface area (Å²) in [5.74, 6) is 0.620. The normalized spacial score (nSPS) is 12.0. The third-order valence-corrected chi connectivity index (χ3v) is 4.88. The van der Waals surface area contributed by atoms with E-state index in [4.69, 9.17) is 4.74 Å². The van der Waals surface area contributed by atoms with Crippen LogP contribution in [0.2, 0.25) is 0 Å². The van der Waals surface area contributed by atoms with Crippen molar-refractivity contribution >= 4 is 17.2 Å². The Balaban J connectivity index is 1.90. The van der Waals surface area contributed by atoms with Gasteiger partial charge in [-0.3, -0.25) is 9.89 Å². The number of hydrogen-bond donors (Lipinski definition) is 1. The molecular formula is C17H18N4O2S. The van der Waals surface area contributed by atoms with Gasteiger partial charge in [0.25, 0.3) is 5.91 Å². The van der Waals surface area contributed by atoms with E-state index in [1.54, 1.807) is 31.5 Å². The average molecular weight is 342 g/mol. The minimum atomic E-state index is -0.107. The lowest BCUT2D eigenvalue weighted by molar-refractivity contribution is 0.0743. The highest BCUT2D eigenvalue weighted by atomic mass is 32.1. The minimum Gasteiger partial charge on any atom is -0.497 e. The third-order valence-electron chi connectivity index (χ3n) is 3.94. The SMILES string of the molecule is COc1cccc(-c2[nH]ncc2C(=O)N(C)C(C)c2nccs2)c1. The topological polar surface area (TPSA) is 71.1 Å². The van der Waals surface area contributed by atoms with E-state index in [0.717, 1.165) is 16.3 Å². The molecule has 124 valence electrons. The van der Waals surface area contributed by atoms with Crippen LogP contribution in [0.5, 0.6) is 5.75 Å². The molecule has 1 atom stereocenters. The summed E-state index contributed by atoms with van der Waals surface area (Å²) >= 11 is 1.53. The Bertz CT molecular complexity index is 829. The molecule has 3 aromatic rings. The highest BCUT2D eigenvalue weighted by Crippen LogP contribution is 2.28. The fourth-order valence-corrected chi connectivity index (χ4v) is 3.16. The molecule has 0 aliphatic carbocycles. The van der Waals surface area contributed by atoms with Crippen molar-refractivity contribution < 1.29 is 9.53 Å². The number of H-pyrrole nitrogens is 1. The maximum absolute atomic E-state index is 12.9. The van der Waals surface area contributed by atoms with Crippen LogP contribution in [0.3, 0.4) is 0 Å². The monoisotopic (exact) mass is 342 g/mol. The smallest absolute Gasteiger partial charge is 0.258 e. The lowest BCUT2D eigenvalue weighted by Crippen LogP contribution is -2.29. The minimum absolute atomic E-state index is 0.106. The number of thiazole rings is 1. The molecular weight excluding hydrogens is 324 g/mol. The molecule has 24 heavy (non-hydrogen) atoms. The lowest BCUT2D eigenvalue weighted by Gasteiger charge is -2.23. The number of hydrogen-bond acceptors (Lipinski definition) is 5. The molecule has 0 fully saturated rings. The Hall–Kier alpha value is -2.67. The van der Waals surface area contributed by atoms with E-state index in [1.165, 1.54) is 11.3 Å². The van der Waals surface area contributed by atoms with E-state index in [1.807, 2.05) is 36.6 Å². The first-order valence-electron chi connectivity index (χ1n) is 7.46. The Morgan fingerprint density at radius 3 is 2.96 bits per heavy atom. The number of benzene rings is 1. The predicted molar refractivity (Wildman–Crippen MR) is 93.2 cm³/mol. The zero-order valence-electron chi connectivity index (χ0n) is 13.7. The fraction of sp³-hybridized carbons (Fsp3) is 0.235. The zero-order chi connectivity index (χ0) is 17.1. The first-order chi connectivity index (χ1) is 11.6. The molecule has 6 nitrogen and oxygen atoms in total.